The van der Waals surface area contributed by atoms with Crippen molar-refractivity contribution in [2.24, 2.45) is 0 Å². The van der Waals surface area contributed by atoms with Crippen molar-refractivity contribution in [1.82, 2.24) is 5.32 Å². The van der Waals surface area contributed by atoms with E-state index in [1.54, 1.807) is 0 Å². The highest BCUT2D eigenvalue weighted by Gasteiger charge is 2.23. The first-order chi connectivity index (χ1) is 12.9. The van der Waals surface area contributed by atoms with Crippen LogP contribution in [-0.4, -0.2) is 27.1 Å². The van der Waals surface area contributed by atoms with E-state index in [2.05, 4.69) is 11.4 Å². The van der Waals surface area contributed by atoms with Gasteiger partial charge in [0, 0.05) is 0 Å². The van der Waals surface area contributed by atoms with Gasteiger partial charge < -0.3 is 5.32 Å². The molecule has 0 bridgehead atoms. The van der Waals surface area contributed by atoms with Crippen molar-refractivity contribution in [2.75, 3.05) is 17.1 Å². The number of hydrogen-bond acceptors (Lipinski definition) is 3. The standard InChI is InChI=1S/C20H24ClFN2O3S/c1-12-8-14(3)17(9-13(12)2)15(4)23-20(25)11-24(28(5,26)27)16-6-7-19(22)18(21)10-16/h6-10,15H,11H2,1-5H3,(H,23,25)/t15-/m1/s1. The minimum absolute atomic E-state index is 0.124. The molecule has 2 rings (SSSR count). The Bertz CT molecular complexity index is 1010. The molecule has 0 saturated heterocycles. The Labute approximate surface area is 170 Å². The van der Waals surface area contributed by atoms with Gasteiger partial charge >= 0.3 is 0 Å². The van der Waals surface area contributed by atoms with Crippen molar-refractivity contribution in [3.63, 3.8) is 0 Å². The number of halogens is 2. The van der Waals surface area contributed by atoms with E-state index in [0.29, 0.717) is 0 Å². The zero-order valence-corrected chi connectivity index (χ0v) is 18.1. The molecule has 0 aromatic heterocycles. The maximum Gasteiger partial charge on any atom is 0.241 e. The predicted octanol–water partition coefficient (Wildman–Crippen LogP) is 4.05. The summed E-state index contributed by atoms with van der Waals surface area (Å²) in [4.78, 5) is 12.5. The lowest BCUT2D eigenvalue weighted by Crippen LogP contribution is -2.41. The van der Waals surface area contributed by atoms with Gasteiger partial charge in [-0.15, -0.1) is 0 Å². The summed E-state index contributed by atoms with van der Waals surface area (Å²) in [5.41, 5.74) is 4.41. The molecular weight excluding hydrogens is 403 g/mol. The fourth-order valence-electron chi connectivity index (χ4n) is 2.98. The summed E-state index contributed by atoms with van der Waals surface area (Å²) >= 11 is 5.76. The van der Waals surface area contributed by atoms with Crippen LogP contribution < -0.4 is 9.62 Å². The molecule has 1 atom stereocenters. The highest BCUT2D eigenvalue weighted by Crippen LogP contribution is 2.25. The molecule has 5 nitrogen and oxygen atoms in total. The second-order valence-electron chi connectivity index (χ2n) is 6.95. The zero-order chi connectivity index (χ0) is 21.2. The van der Waals surface area contributed by atoms with E-state index in [9.17, 15) is 17.6 Å². The van der Waals surface area contributed by atoms with Crippen LogP contribution in [0.2, 0.25) is 5.02 Å². The Morgan fingerprint density at radius 2 is 1.75 bits per heavy atom. The summed E-state index contributed by atoms with van der Waals surface area (Å²) in [6.07, 6.45) is 0.981. The third-order valence-corrected chi connectivity index (χ3v) is 6.04. The van der Waals surface area contributed by atoms with Crippen molar-refractivity contribution >= 4 is 33.2 Å². The quantitative estimate of drug-likeness (QED) is 0.757. The first kappa shape index (κ1) is 22.2. The molecule has 2 aromatic carbocycles. The van der Waals surface area contributed by atoms with E-state index in [1.165, 1.54) is 12.1 Å². The molecule has 0 unspecified atom stereocenters. The normalized spacial score (nSPS) is 12.5. The topological polar surface area (TPSA) is 66.5 Å². The first-order valence-electron chi connectivity index (χ1n) is 8.70. The maximum absolute atomic E-state index is 13.4. The molecule has 8 heteroatoms. The number of anilines is 1. The number of amides is 1. The van der Waals surface area contributed by atoms with Crippen LogP contribution in [0.3, 0.4) is 0 Å². The summed E-state index contributed by atoms with van der Waals surface area (Å²) in [6, 6.07) is 7.29. The van der Waals surface area contributed by atoms with Crippen LogP contribution in [0.5, 0.6) is 0 Å². The fraction of sp³-hybridized carbons (Fsp3) is 0.350. The van der Waals surface area contributed by atoms with Crippen molar-refractivity contribution in [2.45, 2.75) is 33.7 Å². The molecule has 0 radical (unpaired) electrons. The second kappa shape index (κ2) is 8.49. The Morgan fingerprint density at radius 1 is 1.14 bits per heavy atom. The van der Waals surface area contributed by atoms with Gasteiger partial charge in [0.05, 0.1) is 23.0 Å². The van der Waals surface area contributed by atoms with Crippen molar-refractivity contribution in [3.05, 3.63) is 63.4 Å². The number of carbonyl (C=O) groups excluding carboxylic acids is 1. The lowest BCUT2D eigenvalue weighted by molar-refractivity contribution is -0.120. The monoisotopic (exact) mass is 426 g/mol. The molecule has 0 heterocycles. The molecule has 1 amide bonds. The number of carbonyl (C=O) groups is 1. The highest BCUT2D eigenvalue weighted by molar-refractivity contribution is 7.92. The number of hydrogen-bond donors (Lipinski definition) is 1. The lowest BCUT2D eigenvalue weighted by Gasteiger charge is -2.24. The SMILES string of the molecule is Cc1cc(C)c([C@@H](C)NC(=O)CN(c2ccc(F)c(Cl)c2)S(C)(=O)=O)cc1C. The van der Waals surface area contributed by atoms with Crippen molar-refractivity contribution < 1.29 is 17.6 Å². The minimum atomic E-state index is -3.77. The number of benzene rings is 2. The van der Waals surface area contributed by atoms with Crippen LogP contribution in [0.1, 0.15) is 35.2 Å². The fourth-order valence-corrected chi connectivity index (χ4v) is 4.01. The Balaban J connectivity index is 2.22. The Kier molecular flexibility index (Phi) is 6.72. The molecule has 0 spiro atoms. The maximum atomic E-state index is 13.4. The summed E-state index contributed by atoms with van der Waals surface area (Å²) in [6.45, 7) is 7.39. The summed E-state index contributed by atoms with van der Waals surface area (Å²) in [5, 5.41) is 2.61. The average molecular weight is 427 g/mol. The van der Waals surface area contributed by atoms with Gasteiger partial charge in [-0.3, -0.25) is 9.10 Å². The van der Waals surface area contributed by atoms with E-state index in [1.807, 2.05) is 33.8 Å². The number of nitrogens with zero attached hydrogens (tertiary/aromatic N) is 1. The first-order valence-corrected chi connectivity index (χ1v) is 10.9. The number of sulfonamides is 1. The number of nitrogens with one attached hydrogen (secondary N) is 1. The number of rotatable bonds is 6. The second-order valence-corrected chi connectivity index (χ2v) is 9.26. The van der Waals surface area contributed by atoms with Crippen LogP contribution >= 0.6 is 11.6 Å². The smallest absolute Gasteiger partial charge is 0.241 e. The molecule has 0 aliphatic heterocycles. The predicted molar refractivity (Wildman–Crippen MR) is 111 cm³/mol. The van der Waals surface area contributed by atoms with E-state index >= 15 is 0 Å². The average Bonchev–Trinajstić information content (AvgIpc) is 2.57. The van der Waals surface area contributed by atoms with Gasteiger partial charge in [-0.1, -0.05) is 23.7 Å². The molecule has 2 aromatic rings. The van der Waals surface area contributed by atoms with Crippen LogP contribution in [0.15, 0.2) is 30.3 Å². The summed E-state index contributed by atoms with van der Waals surface area (Å²) < 4.78 is 38.6. The molecule has 0 aliphatic rings. The van der Waals surface area contributed by atoms with Gasteiger partial charge in [0.1, 0.15) is 12.4 Å². The third kappa shape index (κ3) is 5.23. The van der Waals surface area contributed by atoms with Crippen molar-refractivity contribution in [1.29, 1.82) is 0 Å². The van der Waals surface area contributed by atoms with Gasteiger partial charge in [-0.2, -0.15) is 0 Å². The summed E-state index contributed by atoms with van der Waals surface area (Å²) in [5.74, 6) is -1.14. The Morgan fingerprint density at radius 3 is 2.32 bits per heavy atom. The summed E-state index contributed by atoms with van der Waals surface area (Å²) in [7, 11) is -3.77. The minimum Gasteiger partial charge on any atom is -0.348 e. The van der Waals surface area contributed by atoms with Crippen LogP contribution in [0, 0.1) is 26.6 Å². The van der Waals surface area contributed by atoms with Crippen molar-refractivity contribution in [3.8, 4) is 0 Å². The van der Waals surface area contributed by atoms with Gasteiger partial charge in [0.15, 0.2) is 0 Å². The van der Waals surface area contributed by atoms with E-state index in [0.717, 1.165) is 38.9 Å². The molecule has 152 valence electrons. The largest absolute Gasteiger partial charge is 0.348 e. The molecule has 28 heavy (non-hydrogen) atoms. The van der Waals surface area contributed by atoms with E-state index < -0.39 is 28.3 Å². The molecule has 0 aliphatic carbocycles. The van der Waals surface area contributed by atoms with E-state index in [-0.39, 0.29) is 16.8 Å². The molecule has 1 N–H and O–H groups in total. The van der Waals surface area contributed by atoms with Crippen LogP contribution in [0.4, 0.5) is 10.1 Å². The van der Waals surface area contributed by atoms with Gasteiger partial charge in [0.25, 0.3) is 0 Å². The van der Waals surface area contributed by atoms with Gasteiger partial charge in [-0.25, -0.2) is 12.8 Å². The molecule has 0 fully saturated rings. The third-order valence-electron chi connectivity index (χ3n) is 4.61. The van der Waals surface area contributed by atoms with Crippen LogP contribution in [0.25, 0.3) is 0 Å². The zero-order valence-electron chi connectivity index (χ0n) is 16.5. The molecule has 0 saturated carbocycles. The lowest BCUT2D eigenvalue weighted by atomic mass is 9.96. The van der Waals surface area contributed by atoms with Crippen LogP contribution in [-0.2, 0) is 14.8 Å². The van der Waals surface area contributed by atoms with Gasteiger partial charge in [-0.05, 0) is 68.1 Å². The van der Waals surface area contributed by atoms with Gasteiger partial charge in [0.2, 0.25) is 15.9 Å². The Hall–Kier alpha value is -2.12. The number of aryl methyl sites for hydroxylation is 3. The van der Waals surface area contributed by atoms with E-state index in [4.69, 9.17) is 11.6 Å². The molecular formula is C20H24ClFN2O3S. The highest BCUT2D eigenvalue weighted by atomic mass is 35.5.